The number of rotatable bonds is 8. The highest BCUT2D eigenvalue weighted by Crippen LogP contribution is 2.29. The van der Waals surface area contributed by atoms with Crippen LogP contribution in [0.1, 0.15) is 58.4 Å². The molecular weight excluding hydrogens is 500 g/mol. The highest BCUT2D eigenvalue weighted by Gasteiger charge is 2.26. The van der Waals surface area contributed by atoms with Crippen molar-refractivity contribution in [3.63, 3.8) is 0 Å². The third kappa shape index (κ3) is 5.95. The van der Waals surface area contributed by atoms with Gasteiger partial charge in [-0.15, -0.1) is 0 Å². The Morgan fingerprint density at radius 1 is 0.917 bits per heavy atom. The number of benzene rings is 3. The lowest BCUT2D eigenvalue weighted by Crippen LogP contribution is -2.36. The van der Waals surface area contributed by atoms with Gasteiger partial charge in [-0.25, -0.2) is 13.1 Å². The monoisotopic (exact) mass is 526 g/mol. The van der Waals surface area contributed by atoms with Crippen LogP contribution >= 0.6 is 11.6 Å². The van der Waals surface area contributed by atoms with Crippen LogP contribution in [0, 0.1) is 0 Å². The van der Waals surface area contributed by atoms with E-state index in [0.717, 1.165) is 32.1 Å². The Kier molecular flexibility index (Phi) is 8.08. The van der Waals surface area contributed by atoms with Crippen LogP contribution in [0.2, 0.25) is 5.02 Å². The minimum Gasteiger partial charge on any atom is -0.495 e. The van der Waals surface area contributed by atoms with Gasteiger partial charge in [-0.05, 0) is 49.2 Å². The summed E-state index contributed by atoms with van der Waals surface area (Å²) < 4.78 is 34.4. The van der Waals surface area contributed by atoms with Gasteiger partial charge in [-0.2, -0.15) is 0 Å². The van der Waals surface area contributed by atoms with Gasteiger partial charge in [0.2, 0.25) is 10.0 Å². The van der Waals surface area contributed by atoms with Gasteiger partial charge in [0.1, 0.15) is 10.6 Å². The number of carbonyl (C=O) groups excluding carboxylic acids is 2. The molecule has 0 atom stereocenters. The van der Waals surface area contributed by atoms with Crippen molar-refractivity contribution in [3.8, 4) is 5.75 Å². The van der Waals surface area contributed by atoms with Crippen LogP contribution in [0.3, 0.4) is 0 Å². The van der Waals surface area contributed by atoms with E-state index in [1.165, 1.54) is 31.4 Å². The van der Waals surface area contributed by atoms with Crippen molar-refractivity contribution in [3.05, 3.63) is 88.4 Å². The number of ether oxygens (including phenoxy) is 1. The average molecular weight is 527 g/mol. The number of hydrogen-bond acceptors (Lipinski definition) is 5. The molecule has 1 aliphatic rings. The van der Waals surface area contributed by atoms with Crippen LogP contribution in [0.4, 0.5) is 5.69 Å². The lowest BCUT2D eigenvalue weighted by Gasteiger charge is -2.23. The van der Waals surface area contributed by atoms with Gasteiger partial charge in [0.05, 0.1) is 12.8 Å². The number of ketones is 1. The normalized spacial score (nSPS) is 14.3. The van der Waals surface area contributed by atoms with Crippen molar-refractivity contribution in [2.24, 2.45) is 0 Å². The molecule has 1 saturated carbocycles. The number of halogens is 1. The molecular formula is C27H27ClN2O5S. The van der Waals surface area contributed by atoms with Crippen molar-refractivity contribution >= 4 is 39.0 Å². The van der Waals surface area contributed by atoms with Crippen LogP contribution in [0.15, 0.2) is 71.6 Å². The van der Waals surface area contributed by atoms with Gasteiger partial charge in [0.25, 0.3) is 5.91 Å². The smallest absolute Gasteiger partial charge is 0.255 e. The highest BCUT2D eigenvalue weighted by molar-refractivity contribution is 7.89. The highest BCUT2D eigenvalue weighted by atomic mass is 35.5. The molecule has 0 saturated heterocycles. The number of anilines is 1. The largest absolute Gasteiger partial charge is 0.495 e. The molecule has 7 nitrogen and oxygen atoms in total. The predicted molar refractivity (Wildman–Crippen MR) is 139 cm³/mol. The molecule has 188 valence electrons. The molecule has 3 aromatic rings. The number of carbonyl (C=O) groups is 2. The second-order valence-corrected chi connectivity index (χ2v) is 10.8. The number of sulfonamides is 1. The van der Waals surface area contributed by atoms with Crippen LogP contribution in [0.5, 0.6) is 5.75 Å². The molecule has 0 unspecified atom stereocenters. The molecule has 36 heavy (non-hydrogen) atoms. The Morgan fingerprint density at radius 2 is 1.64 bits per heavy atom. The Balaban J connectivity index is 1.62. The topological polar surface area (TPSA) is 102 Å². The van der Waals surface area contributed by atoms with E-state index in [9.17, 15) is 18.0 Å². The number of nitrogens with one attached hydrogen (secondary N) is 2. The summed E-state index contributed by atoms with van der Waals surface area (Å²) in [4.78, 5) is 26.1. The van der Waals surface area contributed by atoms with Crippen molar-refractivity contribution in [2.75, 3.05) is 12.4 Å². The molecule has 0 heterocycles. The zero-order valence-electron chi connectivity index (χ0n) is 19.8. The van der Waals surface area contributed by atoms with Gasteiger partial charge in [-0.3, -0.25) is 9.59 Å². The quantitative estimate of drug-likeness (QED) is 0.380. The summed E-state index contributed by atoms with van der Waals surface area (Å²) in [7, 11) is -2.54. The Morgan fingerprint density at radius 3 is 2.33 bits per heavy atom. The summed E-state index contributed by atoms with van der Waals surface area (Å²) in [5, 5.41) is 3.07. The van der Waals surface area contributed by atoms with Gasteiger partial charge in [0, 0.05) is 27.8 Å². The van der Waals surface area contributed by atoms with Crippen LogP contribution in [-0.4, -0.2) is 33.3 Å². The standard InChI is InChI=1S/C27H27ClN2O5S/c1-35-24-15-12-19(16-25(24)36(33,34)30-21-10-6-3-7-11-21)27(32)29-23-14-13-20(28)17-22(23)26(31)18-8-4-2-5-9-18/h2,4-5,8-9,12-17,21,30H,3,6-7,10-11H2,1H3,(H,29,32). The van der Waals surface area contributed by atoms with Gasteiger partial charge in [0.15, 0.2) is 5.78 Å². The third-order valence-electron chi connectivity index (χ3n) is 6.15. The van der Waals surface area contributed by atoms with Gasteiger partial charge in [-0.1, -0.05) is 61.2 Å². The summed E-state index contributed by atoms with van der Waals surface area (Å²) in [5.74, 6) is -0.736. The maximum absolute atomic E-state index is 13.2. The molecule has 1 fully saturated rings. The van der Waals surface area contributed by atoms with Crippen molar-refractivity contribution < 1.29 is 22.7 Å². The van der Waals surface area contributed by atoms with E-state index < -0.39 is 15.9 Å². The van der Waals surface area contributed by atoms with Crippen molar-refractivity contribution in [2.45, 2.75) is 43.0 Å². The van der Waals surface area contributed by atoms with Gasteiger partial charge < -0.3 is 10.1 Å². The number of amides is 1. The molecule has 1 aliphatic carbocycles. The first-order valence-corrected chi connectivity index (χ1v) is 13.6. The first kappa shape index (κ1) is 25.9. The van der Waals surface area contributed by atoms with E-state index in [1.54, 1.807) is 42.5 Å². The van der Waals surface area contributed by atoms with E-state index in [1.807, 2.05) is 0 Å². The second-order valence-electron chi connectivity index (χ2n) is 8.66. The molecule has 0 radical (unpaired) electrons. The minimum absolute atomic E-state index is 0.105. The molecule has 4 rings (SSSR count). The van der Waals surface area contributed by atoms with E-state index in [0.29, 0.717) is 10.6 Å². The van der Waals surface area contributed by atoms with Crippen molar-refractivity contribution in [1.82, 2.24) is 4.72 Å². The first-order valence-electron chi connectivity index (χ1n) is 11.7. The molecule has 9 heteroatoms. The Bertz CT molecular complexity index is 1370. The second kappa shape index (κ2) is 11.2. The van der Waals surface area contributed by atoms with E-state index >= 15 is 0 Å². The summed E-state index contributed by atoms with van der Waals surface area (Å²) >= 11 is 6.13. The van der Waals surface area contributed by atoms with Crippen LogP contribution in [-0.2, 0) is 10.0 Å². The summed E-state index contributed by atoms with van der Waals surface area (Å²) in [5.41, 5.74) is 1.04. The molecule has 0 bridgehead atoms. The molecule has 3 aromatic carbocycles. The lowest BCUT2D eigenvalue weighted by molar-refractivity contribution is 0.102. The van der Waals surface area contributed by atoms with Gasteiger partial charge >= 0.3 is 0 Å². The molecule has 2 N–H and O–H groups in total. The van der Waals surface area contributed by atoms with E-state index in [2.05, 4.69) is 10.0 Å². The summed E-state index contributed by atoms with van der Waals surface area (Å²) in [6.45, 7) is 0. The lowest BCUT2D eigenvalue weighted by atomic mass is 9.96. The maximum Gasteiger partial charge on any atom is 0.255 e. The zero-order valence-corrected chi connectivity index (χ0v) is 21.4. The molecule has 1 amide bonds. The molecule has 0 spiro atoms. The Labute approximate surface area is 215 Å². The first-order chi connectivity index (χ1) is 17.3. The Hall–Kier alpha value is -3.20. The third-order valence-corrected chi connectivity index (χ3v) is 7.93. The predicted octanol–water partition coefficient (Wildman–Crippen LogP) is 5.44. The summed E-state index contributed by atoms with van der Waals surface area (Å²) in [6.07, 6.45) is 4.58. The fraction of sp³-hybridized carbons (Fsp3) is 0.259. The number of hydrogen-bond donors (Lipinski definition) is 2. The SMILES string of the molecule is COc1ccc(C(=O)Nc2ccc(Cl)cc2C(=O)c2ccccc2)cc1S(=O)(=O)NC1CCCCC1. The molecule has 0 aliphatic heterocycles. The fourth-order valence-corrected chi connectivity index (χ4v) is 5.96. The number of methoxy groups -OCH3 is 1. The fourth-order valence-electron chi connectivity index (χ4n) is 4.28. The maximum atomic E-state index is 13.2. The van der Waals surface area contributed by atoms with Crippen molar-refractivity contribution in [1.29, 1.82) is 0 Å². The zero-order chi connectivity index (χ0) is 25.7. The summed E-state index contributed by atoms with van der Waals surface area (Å²) in [6, 6.07) is 17.3. The van der Waals surface area contributed by atoms with E-state index in [-0.39, 0.29) is 39.3 Å². The van der Waals surface area contributed by atoms with Crippen LogP contribution in [0.25, 0.3) is 0 Å². The van der Waals surface area contributed by atoms with E-state index in [4.69, 9.17) is 16.3 Å². The van der Waals surface area contributed by atoms with Crippen LogP contribution < -0.4 is 14.8 Å². The minimum atomic E-state index is -3.92. The molecule has 0 aromatic heterocycles. The average Bonchev–Trinajstić information content (AvgIpc) is 2.89.